The second-order valence-electron chi connectivity index (χ2n) is 6.14. The lowest BCUT2D eigenvalue weighted by Gasteiger charge is -2.21. The lowest BCUT2D eigenvalue weighted by molar-refractivity contribution is -0.136. The summed E-state index contributed by atoms with van der Waals surface area (Å²) in [6.45, 7) is 2.74. The van der Waals surface area contributed by atoms with Gasteiger partial charge in [-0.1, -0.05) is 36.4 Å². The monoisotopic (exact) mass is 328 g/mol. The van der Waals surface area contributed by atoms with E-state index in [1.807, 2.05) is 30.3 Å². The van der Waals surface area contributed by atoms with Crippen LogP contribution in [0.1, 0.15) is 18.4 Å². The molecule has 0 radical (unpaired) electrons. The molecule has 3 rings (SSSR count). The van der Waals surface area contributed by atoms with Crippen molar-refractivity contribution in [3.05, 3.63) is 66.0 Å². The van der Waals surface area contributed by atoms with Gasteiger partial charge in [-0.15, -0.1) is 0 Å². The highest BCUT2D eigenvalue weighted by Gasteiger charge is 2.35. The molecule has 2 N–H and O–H groups in total. The Hall–Kier alpha value is -2.40. The zero-order valence-corrected chi connectivity index (χ0v) is 13.6. The number of hydrogen-bond donors (Lipinski definition) is 1. The van der Waals surface area contributed by atoms with Crippen LogP contribution in [0.5, 0.6) is 5.75 Å². The van der Waals surface area contributed by atoms with Gasteiger partial charge in [-0.25, -0.2) is 4.39 Å². The normalized spacial score (nSPS) is 21.5. The number of ether oxygens (including phenoxy) is 1. The van der Waals surface area contributed by atoms with Crippen LogP contribution in [0.15, 0.2) is 54.6 Å². The van der Waals surface area contributed by atoms with Crippen LogP contribution >= 0.6 is 0 Å². The summed E-state index contributed by atoms with van der Waals surface area (Å²) in [5.41, 5.74) is 7.37. The number of carbonyl (C=O) groups excluding carboxylic acids is 1. The largest absolute Gasteiger partial charge is 0.481 e. The van der Waals surface area contributed by atoms with Crippen LogP contribution in [0.4, 0.5) is 4.39 Å². The first-order chi connectivity index (χ1) is 11.5. The van der Waals surface area contributed by atoms with E-state index in [0.29, 0.717) is 18.8 Å². The molecular formula is C19H21FN2O2. The number of benzene rings is 2. The molecular weight excluding hydrogens is 307 g/mol. The fourth-order valence-corrected chi connectivity index (χ4v) is 3.11. The molecule has 1 heterocycles. The summed E-state index contributed by atoms with van der Waals surface area (Å²) in [5.74, 6) is -0.0527. The highest BCUT2D eigenvalue weighted by Crippen LogP contribution is 2.27. The predicted molar refractivity (Wildman–Crippen MR) is 90.2 cm³/mol. The molecule has 1 fully saturated rings. The van der Waals surface area contributed by atoms with Crippen LogP contribution in [0.3, 0.4) is 0 Å². The van der Waals surface area contributed by atoms with Gasteiger partial charge in [-0.2, -0.15) is 0 Å². The van der Waals surface area contributed by atoms with Crippen LogP contribution in [0.2, 0.25) is 0 Å². The first-order valence-electron chi connectivity index (χ1n) is 8.06. The van der Waals surface area contributed by atoms with Gasteiger partial charge in [0.2, 0.25) is 0 Å². The Balaban J connectivity index is 1.65. The minimum atomic E-state index is -0.687. The molecule has 2 aromatic rings. The maximum Gasteiger partial charge on any atom is 0.263 e. The van der Waals surface area contributed by atoms with E-state index in [4.69, 9.17) is 10.5 Å². The number of nitrogens with two attached hydrogens (primary N) is 1. The lowest BCUT2D eigenvalue weighted by atomic mass is 9.95. The van der Waals surface area contributed by atoms with Crippen molar-refractivity contribution in [2.45, 2.75) is 25.0 Å². The quantitative estimate of drug-likeness (QED) is 0.938. The Morgan fingerprint density at radius 2 is 1.96 bits per heavy atom. The van der Waals surface area contributed by atoms with Gasteiger partial charge in [-0.3, -0.25) is 4.79 Å². The minimum absolute atomic E-state index is 0.0993. The van der Waals surface area contributed by atoms with Gasteiger partial charge in [0.25, 0.3) is 5.91 Å². The van der Waals surface area contributed by atoms with Crippen LogP contribution < -0.4 is 10.5 Å². The second-order valence-corrected chi connectivity index (χ2v) is 6.14. The molecule has 0 saturated carbocycles. The highest BCUT2D eigenvalue weighted by molar-refractivity contribution is 5.81. The minimum Gasteiger partial charge on any atom is -0.481 e. The number of nitrogens with zero attached hydrogens (tertiary/aromatic N) is 1. The molecule has 2 aromatic carbocycles. The zero-order valence-electron chi connectivity index (χ0n) is 13.6. The van der Waals surface area contributed by atoms with Gasteiger partial charge in [0, 0.05) is 31.1 Å². The Labute approximate surface area is 141 Å². The summed E-state index contributed by atoms with van der Waals surface area (Å²) in [4.78, 5) is 14.3. The number of likely N-dealkylation sites (tertiary alicyclic amines) is 1. The van der Waals surface area contributed by atoms with Crippen molar-refractivity contribution < 1.29 is 13.9 Å². The van der Waals surface area contributed by atoms with Crippen molar-refractivity contribution in [1.29, 1.82) is 0 Å². The van der Waals surface area contributed by atoms with Gasteiger partial charge in [-0.05, 0) is 24.6 Å². The third kappa shape index (κ3) is 3.57. The van der Waals surface area contributed by atoms with E-state index < -0.39 is 6.10 Å². The SMILES string of the molecule is CC(Oc1cccc(F)c1)C(=O)N1C[C@@H](N)[C@H](c2ccccc2)C1. The number of amides is 1. The number of hydrogen-bond acceptors (Lipinski definition) is 3. The molecule has 24 heavy (non-hydrogen) atoms. The molecule has 0 spiro atoms. The summed E-state index contributed by atoms with van der Waals surface area (Å²) in [6, 6.07) is 15.7. The van der Waals surface area contributed by atoms with Gasteiger partial charge in [0.05, 0.1) is 0 Å². The molecule has 3 atom stereocenters. The van der Waals surface area contributed by atoms with Gasteiger partial charge < -0.3 is 15.4 Å². The summed E-state index contributed by atoms with van der Waals surface area (Å²) in [5, 5.41) is 0. The van der Waals surface area contributed by atoms with Gasteiger partial charge >= 0.3 is 0 Å². The fraction of sp³-hybridized carbons (Fsp3) is 0.316. The van der Waals surface area contributed by atoms with Crippen molar-refractivity contribution in [3.8, 4) is 5.75 Å². The van der Waals surface area contributed by atoms with E-state index in [9.17, 15) is 9.18 Å². The van der Waals surface area contributed by atoms with Crippen LogP contribution in [0, 0.1) is 5.82 Å². The van der Waals surface area contributed by atoms with Crippen molar-refractivity contribution in [2.75, 3.05) is 13.1 Å². The molecule has 0 aromatic heterocycles. The number of halogens is 1. The molecule has 1 amide bonds. The molecule has 126 valence electrons. The molecule has 1 unspecified atom stereocenters. The Morgan fingerprint density at radius 3 is 2.67 bits per heavy atom. The molecule has 1 aliphatic heterocycles. The topological polar surface area (TPSA) is 55.6 Å². The van der Waals surface area contributed by atoms with Crippen molar-refractivity contribution in [2.24, 2.45) is 5.73 Å². The Morgan fingerprint density at radius 1 is 1.21 bits per heavy atom. The Kier molecular flexibility index (Phi) is 4.81. The van der Waals surface area contributed by atoms with E-state index in [2.05, 4.69) is 0 Å². The van der Waals surface area contributed by atoms with Crippen molar-refractivity contribution >= 4 is 5.91 Å². The third-order valence-electron chi connectivity index (χ3n) is 4.36. The smallest absolute Gasteiger partial charge is 0.263 e. The third-order valence-corrected chi connectivity index (χ3v) is 4.36. The van der Waals surface area contributed by atoms with E-state index in [-0.39, 0.29) is 23.7 Å². The Bertz CT molecular complexity index is 708. The number of rotatable bonds is 4. The first kappa shape index (κ1) is 16.5. The van der Waals surface area contributed by atoms with E-state index in [1.165, 1.54) is 12.1 Å². The van der Waals surface area contributed by atoms with E-state index >= 15 is 0 Å². The predicted octanol–water partition coefficient (Wildman–Crippen LogP) is 2.55. The zero-order chi connectivity index (χ0) is 17.1. The van der Waals surface area contributed by atoms with Crippen molar-refractivity contribution in [1.82, 2.24) is 4.90 Å². The number of carbonyl (C=O) groups is 1. The van der Waals surface area contributed by atoms with E-state index in [1.54, 1.807) is 24.0 Å². The van der Waals surface area contributed by atoms with E-state index in [0.717, 1.165) is 5.56 Å². The second kappa shape index (κ2) is 7.01. The summed E-state index contributed by atoms with van der Waals surface area (Å²) in [6.07, 6.45) is -0.687. The molecule has 5 heteroatoms. The molecule has 0 bridgehead atoms. The highest BCUT2D eigenvalue weighted by atomic mass is 19.1. The van der Waals surface area contributed by atoms with Gasteiger partial charge in [0.1, 0.15) is 11.6 Å². The standard InChI is InChI=1S/C19H21FN2O2/c1-13(24-16-9-5-8-15(20)10-16)19(23)22-11-17(18(21)12-22)14-6-3-2-4-7-14/h2-10,13,17-18H,11-12,21H2,1H3/t13?,17-,18+/m0/s1. The van der Waals surface area contributed by atoms with Crippen molar-refractivity contribution in [3.63, 3.8) is 0 Å². The molecule has 1 aliphatic rings. The van der Waals surface area contributed by atoms with Crippen LogP contribution in [0.25, 0.3) is 0 Å². The molecule has 1 saturated heterocycles. The summed E-state index contributed by atoms with van der Waals surface area (Å²) < 4.78 is 18.8. The molecule has 0 aliphatic carbocycles. The average Bonchev–Trinajstić information content (AvgIpc) is 2.96. The summed E-state index contributed by atoms with van der Waals surface area (Å²) >= 11 is 0. The fourth-order valence-electron chi connectivity index (χ4n) is 3.11. The summed E-state index contributed by atoms with van der Waals surface area (Å²) in [7, 11) is 0. The van der Waals surface area contributed by atoms with Crippen LogP contribution in [-0.2, 0) is 4.79 Å². The average molecular weight is 328 g/mol. The molecule has 4 nitrogen and oxygen atoms in total. The lowest BCUT2D eigenvalue weighted by Crippen LogP contribution is -2.40. The maximum absolute atomic E-state index is 13.2. The van der Waals surface area contributed by atoms with Gasteiger partial charge in [0.15, 0.2) is 6.10 Å². The maximum atomic E-state index is 13.2. The first-order valence-corrected chi connectivity index (χ1v) is 8.06. The van der Waals surface area contributed by atoms with Crippen LogP contribution in [-0.4, -0.2) is 36.0 Å².